The van der Waals surface area contributed by atoms with Gasteiger partial charge in [0.2, 0.25) is 0 Å². The molecule has 1 heterocycles. The van der Waals surface area contributed by atoms with Crippen LogP contribution in [0.15, 0.2) is 22.7 Å². The predicted molar refractivity (Wildman–Crippen MR) is 77.7 cm³/mol. The molecule has 0 spiro atoms. The average Bonchev–Trinajstić information content (AvgIpc) is 2.32. The van der Waals surface area contributed by atoms with Crippen LogP contribution < -0.4 is 5.32 Å². The third kappa shape index (κ3) is 3.95. The summed E-state index contributed by atoms with van der Waals surface area (Å²) in [5, 5.41) is 4.10. The fraction of sp³-hybridized carbons (Fsp3) is 0.500. The fourth-order valence-corrected chi connectivity index (χ4v) is 4.10. The highest BCUT2D eigenvalue weighted by Crippen LogP contribution is 2.21. The van der Waals surface area contributed by atoms with E-state index in [2.05, 4.69) is 21.2 Å². The Bertz CT molecular complexity index is 519. The zero-order valence-corrected chi connectivity index (χ0v) is 13.0. The first kappa shape index (κ1) is 14.3. The summed E-state index contributed by atoms with van der Waals surface area (Å²) in [4.78, 5) is 0. The summed E-state index contributed by atoms with van der Waals surface area (Å²) in [6, 6.07) is 5.95. The molecule has 2 rings (SSSR count). The molecule has 0 aromatic heterocycles. The Morgan fingerprint density at radius 3 is 2.67 bits per heavy atom. The molecule has 0 saturated carbocycles. The van der Waals surface area contributed by atoms with Crippen LogP contribution in [0, 0.1) is 0 Å². The van der Waals surface area contributed by atoms with Gasteiger partial charge in [0.05, 0.1) is 11.5 Å². The summed E-state index contributed by atoms with van der Waals surface area (Å²) in [5.41, 5.74) is 1.09. The van der Waals surface area contributed by atoms with Crippen LogP contribution in [-0.2, 0) is 16.4 Å². The number of hydrogen-bond acceptors (Lipinski definition) is 3. The van der Waals surface area contributed by atoms with Crippen molar-refractivity contribution in [2.45, 2.75) is 25.4 Å². The lowest BCUT2D eigenvalue weighted by molar-refractivity contribution is 0.462. The van der Waals surface area contributed by atoms with Gasteiger partial charge in [0.25, 0.3) is 0 Å². The fourth-order valence-electron chi connectivity index (χ4n) is 2.03. The minimum absolute atomic E-state index is 0.277. The van der Waals surface area contributed by atoms with Crippen molar-refractivity contribution >= 4 is 37.4 Å². The molecular formula is C12H15BrClNO2S. The molecule has 1 aliphatic heterocycles. The van der Waals surface area contributed by atoms with E-state index in [1.54, 1.807) is 0 Å². The molecule has 1 aromatic carbocycles. The Morgan fingerprint density at radius 2 is 2.00 bits per heavy atom. The SMILES string of the molecule is O=S1(=O)CCC(NCc2cc(Cl)ccc2Br)CC1. The smallest absolute Gasteiger partial charge is 0.150 e. The van der Waals surface area contributed by atoms with Crippen LogP contribution in [0.2, 0.25) is 5.02 Å². The van der Waals surface area contributed by atoms with Gasteiger partial charge in [-0.05, 0) is 36.6 Å². The van der Waals surface area contributed by atoms with E-state index in [0.29, 0.717) is 35.9 Å². The molecule has 1 aliphatic rings. The van der Waals surface area contributed by atoms with Crippen LogP contribution in [0.3, 0.4) is 0 Å². The van der Waals surface area contributed by atoms with Gasteiger partial charge in [-0.2, -0.15) is 0 Å². The van der Waals surface area contributed by atoms with Crippen molar-refractivity contribution in [1.29, 1.82) is 0 Å². The van der Waals surface area contributed by atoms with E-state index in [-0.39, 0.29) is 6.04 Å². The van der Waals surface area contributed by atoms with Gasteiger partial charge in [-0.15, -0.1) is 0 Å². The second-order valence-electron chi connectivity index (χ2n) is 4.54. The molecule has 1 aromatic rings. The first-order valence-electron chi connectivity index (χ1n) is 5.84. The average molecular weight is 353 g/mol. The molecule has 18 heavy (non-hydrogen) atoms. The maximum absolute atomic E-state index is 11.3. The molecule has 0 amide bonds. The van der Waals surface area contributed by atoms with E-state index in [9.17, 15) is 8.42 Å². The van der Waals surface area contributed by atoms with Crippen molar-refractivity contribution in [1.82, 2.24) is 5.32 Å². The molecule has 1 saturated heterocycles. The highest BCUT2D eigenvalue weighted by atomic mass is 79.9. The number of benzene rings is 1. The van der Waals surface area contributed by atoms with Crippen LogP contribution in [0.1, 0.15) is 18.4 Å². The van der Waals surface area contributed by atoms with Crippen molar-refractivity contribution < 1.29 is 8.42 Å². The summed E-state index contributed by atoms with van der Waals surface area (Å²) in [7, 11) is -2.78. The molecule has 0 radical (unpaired) electrons. The quantitative estimate of drug-likeness (QED) is 0.910. The van der Waals surface area contributed by atoms with E-state index in [0.717, 1.165) is 10.0 Å². The van der Waals surface area contributed by atoms with Gasteiger partial charge in [0.15, 0.2) is 0 Å². The van der Waals surface area contributed by atoms with Crippen molar-refractivity contribution in [3.63, 3.8) is 0 Å². The first-order chi connectivity index (χ1) is 8.46. The summed E-state index contributed by atoms with van der Waals surface area (Å²) in [5.74, 6) is 0.586. The Hall–Kier alpha value is -0.100. The number of nitrogens with one attached hydrogen (secondary N) is 1. The molecular weight excluding hydrogens is 338 g/mol. The predicted octanol–water partition coefficient (Wildman–Crippen LogP) is 2.77. The zero-order valence-electron chi connectivity index (χ0n) is 9.83. The monoisotopic (exact) mass is 351 g/mol. The minimum Gasteiger partial charge on any atom is -0.310 e. The summed E-state index contributed by atoms with van der Waals surface area (Å²) in [6.07, 6.45) is 1.39. The van der Waals surface area contributed by atoms with Crippen molar-refractivity contribution in [3.05, 3.63) is 33.3 Å². The van der Waals surface area contributed by atoms with Crippen LogP contribution in [0.5, 0.6) is 0 Å². The number of rotatable bonds is 3. The summed E-state index contributed by atoms with van der Waals surface area (Å²) >= 11 is 9.43. The van der Waals surface area contributed by atoms with E-state index >= 15 is 0 Å². The molecule has 6 heteroatoms. The molecule has 1 N–H and O–H groups in total. The number of hydrogen-bond donors (Lipinski definition) is 1. The second kappa shape index (κ2) is 5.90. The van der Waals surface area contributed by atoms with E-state index in [1.165, 1.54) is 0 Å². The molecule has 0 bridgehead atoms. The largest absolute Gasteiger partial charge is 0.310 e. The minimum atomic E-state index is -2.78. The molecule has 0 aliphatic carbocycles. The first-order valence-corrected chi connectivity index (χ1v) is 8.83. The highest BCUT2D eigenvalue weighted by Gasteiger charge is 2.23. The second-order valence-corrected chi connectivity index (χ2v) is 8.14. The topological polar surface area (TPSA) is 46.2 Å². The van der Waals surface area contributed by atoms with Crippen molar-refractivity contribution in [3.8, 4) is 0 Å². The molecule has 0 unspecified atom stereocenters. The van der Waals surface area contributed by atoms with Crippen molar-refractivity contribution in [2.24, 2.45) is 0 Å². The maximum atomic E-state index is 11.3. The highest BCUT2D eigenvalue weighted by molar-refractivity contribution is 9.10. The Balaban J connectivity index is 1.90. The number of sulfone groups is 1. The summed E-state index contributed by atoms with van der Waals surface area (Å²) < 4.78 is 23.6. The standard InChI is InChI=1S/C12H15BrClNO2S/c13-12-2-1-10(14)7-9(12)8-15-11-3-5-18(16,17)6-4-11/h1-2,7,11,15H,3-6,8H2. The molecule has 3 nitrogen and oxygen atoms in total. The van der Waals surface area contributed by atoms with Gasteiger partial charge >= 0.3 is 0 Å². The lowest BCUT2D eigenvalue weighted by atomic mass is 10.1. The van der Waals surface area contributed by atoms with E-state index < -0.39 is 9.84 Å². The maximum Gasteiger partial charge on any atom is 0.150 e. The van der Waals surface area contributed by atoms with Gasteiger partial charge in [-0.3, -0.25) is 0 Å². The van der Waals surface area contributed by atoms with Gasteiger partial charge in [-0.1, -0.05) is 27.5 Å². The molecule has 1 fully saturated rings. The Morgan fingerprint density at radius 1 is 1.33 bits per heavy atom. The van der Waals surface area contributed by atoms with Gasteiger partial charge in [-0.25, -0.2) is 8.42 Å². The molecule has 0 atom stereocenters. The van der Waals surface area contributed by atoms with E-state index in [1.807, 2.05) is 18.2 Å². The lowest BCUT2D eigenvalue weighted by Crippen LogP contribution is -2.37. The van der Waals surface area contributed by atoms with Gasteiger partial charge in [0, 0.05) is 22.1 Å². The third-order valence-electron chi connectivity index (χ3n) is 3.14. The third-order valence-corrected chi connectivity index (χ3v) is 5.87. The van der Waals surface area contributed by atoms with Crippen LogP contribution >= 0.6 is 27.5 Å². The number of halogens is 2. The van der Waals surface area contributed by atoms with E-state index in [4.69, 9.17) is 11.6 Å². The van der Waals surface area contributed by atoms with Gasteiger partial charge < -0.3 is 5.32 Å². The van der Waals surface area contributed by atoms with Crippen LogP contribution in [0.25, 0.3) is 0 Å². The van der Waals surface area contributed by atoms with Gasteiger partial charge in [0.1, 0.15) is 9.84 Å². The molecule has 100 valence electrons. The summed E-state index contributed by atoms with van der Waals surface area (Å²) in [6.45, 7) is 0.700. The Labute approximate surface area is 121 Å². The normalized spacial score (nSPS) is 19.9. The lowest BCUT2D eigenvalue weighted by Gasteiger charge is -2.23. The Kier molecular flexibility index (Phi) is 4.69. The van der Waals surface area contributed by atoms with Crippen LogP contribution in [-0.4, -0.2) is 26.0 Å². The van der Waals surface area contributed by atoms with Crippen molar-refractivity contribution in [2.75, 3.05) is 11.5 Å². The zero-order chi connectivity index (χ0) is 13.2. The van der Waals surface area contributed by atoms with Crippen LogP contribution in [0.4, 0.5) is 0 Å².